The van der Waals surface area contributed by atoms with Gasteiger partial charge in [-0.1, -0.05) is 346 Å². The number of allylic oxidation sites excluding steroid dienone is 6. The lowest BCUT2D eigenvalue weighted by molar-refractivity contribution is -0.167. The van der Waals surface area contributed by atoms with Gasteiger partial charge in [-0.15, -0.1) is 0 Å². The van der Waals surface area contributed by atoms with Crippen molar-refractivity contribution in [3.05, 3.63) is 36.5 Å². The highest BCUT2D eigenvalue weighted by Gasteiger charge is 2.19. The normalized spacial score (nSPS) is 12.2. The highest BCUT2D eigenvalue weighted by molar-refractivity contribution is 5.71. The van der Waals surface area contributed by atoms with Gasteiger partial charge in [-0.05, 0) is 57.8 Å². The summed E-state index contributed by atoms with van der Waals surface area (Å²) < 4.78 is 17.0. The van der Waals surface area contributed by atoms with Crippen molar-refractivity contribution in [3.63, 3.8) is 0 Å². The van der Waals surface area contributed by atoms with Gasteiger partial charge in [0.15, 0.2) is 6.10 Å². The Bertz CT molecular complexity index is 1300. The van der Waals surface area contributed by atoms with E-state index in [-0.39, 0.29) is 31.1 Å². The van der Waals surface area contributed by atoms with Crippen LogP contribution in [0.15, 0.2) is 36.5 Å². The Hall–Kier alpha value is -2.37. The molecule has 6 heteroatoms. The Kier molecular flexibility index (Phi) is 65.1. The van der Waals surface area contributed by atoms with Crippen molar-refractivity contribution in [1.82, 2.24) is 0 Å². The average molecular weight is 1100 g/mol. The smallest absolute Gasteiger partial charge is 0.306 e. The van der Waals surface area contributed by atoms with Crippen LogP contribution in [0.3, 0.4) is 0 Å². The Morgan fingerprint density at radius 2 is 0.462 bits per heavy atom. The van der Waals surface area contributed by atoms with Crippen LogP contribution in [-0.2, 0) is 28.6 Å². The molecule has 0 bridgehead atoms. The molecule has 0 aliphatic rings. The van der Waals surface area contributed by atoms with E-state index in [2.05, 4.69) is 57.2 Å². The molecule has 0 saturated heterocycles. The highest BCUT2D eigenvalue weighted by atomic mass is 16.6. The fourth-order valence-corrected chi connectivity index (χ4v) is 10.6. The topological polar surface area (TPSA) is 78.9 Å². The first-order valence-electron chi connectivity index (χ1n) is 35.0. The van der Waals surface area contributed by atoms with Crippen LogP contribution in [0.2, 0.25) is 0 Å². The molecule has 1 unspecified atom stereocenters. The number of hydrogen-bond donors (Lipinski definition) is 0. The first kappa shape index (κ1) is 75.6. The van der Waals surface area contributed by atoms with Crippen LogP contribution in [0.5, 0.6) is 0 Å². The predicted octanol–water partition coefficient (Wildman–Crippen LogP) is 23.9. The molecule has 458 valence electrons. The fraction of sp³-hybridized carbons (Fsp3) is 0.875. The third kappa shape index (κ3) is 64.5. The van der Waals surface area contributed by atoms with Crippen molar-refractivity contribution in [3.8, 4) is 0 Å². The van der Waals surface area contributed by atoms with E-state index in [1.54, 1.807) is 0 Å². The van der Waals surface area contributed by atoms with Gasteiger partial charge in [-0.3, -0.25) is 14.4 Å². The zero-order valence-electron chi connectivity index (χ0n) is 52.7. The lowest BCUT2D eigenvalue weighted by Crippen LogP contribution is -2.30. The molecule has 0 aromatic heterocycles. The minimum atomic E-state index is -0.777. The number of ether oxygens (including phenoxy) is 3. The molecule has 0 fully saturated rings. The number of esters is 3. The van der Waals surface area contributed by atoms with Gasteiger partial charge >= 0.3 is 17.9 Å². The first-order valence-corrected chi connectivity index (χ1v) is 35.0. The second-order valence-electron chi connectivity index (χ2n) is 23.8. The van der Waals surface area contributed by atoms with Crippen LogP contribution in [0, 0.1) is 0 Å². The molecular weight excluding hydrogens is 961 g/mol. The second kappa shape index (κ2) is 67.1. The molecule has 0 saturated carbocycles. The average Bonchev–Trinajstić information content (AvgIpc) is 3.44. The minimum Gasteiger partial charge on any atom is -0.462 e. The standard InChI is InChI=1S/C72H134O6/c1-4-7-10-13-16-19-22-25-28-31-33-34-35-36-37-39-41-44-47-50-53-56-59-62-65-71(74)77-68-69(67-76-70(73)64-61-58-55-52-49-46-43-40-30-27-24-21-18-15-12-9-6-3)78-72(75)66-63-60-57-54-51-48-45-42-38-32-29-26-23-20-17-14-11-8-5-2/h17,20,26,29,38,42,69H,4-16,18-19,21-25,27-28,30-37,39-41,43-68H2,1-3H3/b20-17-,29-26-,42-38-. The molecule has 0 aliphatic carbocycles. The van der Waals surface area contributed by atoms with E-state index in [1.165, 1.54) is 270 Å². The largest absolute Gasteiger partial charge is 0.462 e. The number of carbonyl (C=O) groups excluding carboxylic acids is 3. The number of hydrogen-bond acceptors (Lipinski definition) is 6. The first-order chi connectivity index (χ1) is 38.5. The van der Waals surface area contributed by atoms with Crippen LogP contribution in [0.1, 0.15) is 387 Å². The lowest BCUT2D eigenvalue weighted by Gasteiger charge is -2.18. The molecule has 6 nitrogen and oxygen atoms in total. The lowest BCUT2D eigenvalue weighted by atomic mass is 10.0. The quantitative estimate of drug-likeness (QED) is 0.0261. The maximum atomic E-state index is 12.9. The van der Waals surface area contributed by atoms with E-state index in [9.17, 15) is 14.4 Å². The third-order valence-electron chi connectivity index (χ3n) is 15.9. The molecule has 0 aromatic rings. The summed E-state index contributed by atoms with van der Waals surface area (Å²) in [7, 11) is 0. The summed E-state index contributed by atoms with van der Waals surface area (Å²) in [5.74, 6) is -0.853. The molecule has 0 amide bonds. The van der Waals surface area contributed by atoms with Crippen LogP contribution >= 0.6 is 0 Å². The van der Waals surface area contributed by atoms with E-state index in [0.29, 0.717) is 19.3 Å². The Labute approximate surface area is 486 Å². The van der Waals surface area contributed by atoms with Gasteiger partial charge in [0.05, 0.1) is 0 Å². The van der Waals surface area contributed by atoms with Gasteiger partial charge in [-0.2, -0.15) is 0 Å². The Morgan fingerprint density at radius 3 is 0.744 bits per heavy atom. The van der Waals surface area contributed by atoms with E-state index in [0.717, 1.165) is 77.0 Å². The summed E-state index contributed by atoms with van der Waals surface area (Å²) in [6.45, 7) is 6.68. The molecule has 1 atom stereocenters. The van der Waals surface area contributed by atoms with Gasteiger partial charge in [0.2, 0.25) is 0 Å². The number of unbranched alkanes of at least 4 members (excludes halogenated alkanes) is 48. The van der Waals surface area contributed by atoms with Crippen molar-refractivity contribution in [2.45, 2.75) is 393 Å². The van der Waals surface area contributed by atoms with Crippen molar-refractivity contribution in [1.29, 1.82) is 0 Å². The molecule has 0 aromatic carbocycles. The maximum Gasteiger partial charge on any atom is 0.306 e. The summed E-state index contributed by atoms with van der Waals surface area (Å²) in [6.07, 6.45) is 83.1. The van der Waals surface area contributed by atoms with Crippen LogP contribution in [-0.4, -0.2) is 37.2 Å². The summed E-state index contributed by atoms with van der Waals surface area (Å²) >= 11 is 0. The highest BCUT2D eigenvalue weighted by Crippen LogP contribution is 2.19. The van der Waals surface area contributed by atoms with Crippen molar-refractivity contribution >= 4 is 17.9 Å². The minimum absolute atomic E-state index is 0.0718. The molecular formula is C72H134O6. The van der Waals surface area contributed by atoms with E-state index >= 15 is 0 Å². The summed E-state index contributed by atoms with van der Waals surface area (Å²) in [4.78, 5) is 38.4. The zero-order valence-corrected chi connectivity index (χ0v) is 52.7. The van der Waals surface area contributed by atoms with Crippen LogP contribution < -0.4 is 0 Å². The molecule has 0 aliphatic heterocycles. The second-order valence-corrected chi connectivity index (χ2v) is 23.8. The van der Waals surface area contributed by atoms with E-state index < -0.39 is 6.10 Å². The molecule has 78 heavy (non-hydrogen) atoms. The summed E-state index contributed by atoms with van der Waals surface area (Å²) in [5.41, 5.74) is 0. The van der Waals surface area contributed by atoms with E-state index in [4.69, 9.17) is 14.2 Å². The summed E-state index contributed by atoms with van der Waals surface area (Å²) in [5, 5.41) is 0. The predicted molar refractivity (Wildman–Crippen MR) is 339 cm³/mol. The summed E-state index contributed by atoms with van der Waals surface area (Å²) in [6, 6.07) is 0. The van der Waals surface area contributed by atoms with E-state index in [1.807, 2.05) is 0 Å². The maximum absolute atomic E-state index is 12.9. The number of rotatable bonds is 65. The Balaban J connectivity index is 4.30. The van der Waals surface area contributed by atoms with Crippen LogP contribution in [0.4, 0.5) is 0 Å². The molecule has 0 spiro atoms. The zero-order chi connectivity index (χ0) is 56.4. The van der Waals surface area contributed by atoms with Gasteiger partial charge in [0.25, 0.3) is 0 Å². The fourth-order valence-electron chi connectivity index (χ4n) is 10.6. The SMILES string of the molecule is CCCCC/C=C\C/C=C\C/C=C\CCCCCCCCC(=O)OC(COC(=O)CCCCCCCCCCCCCCCCCCC)COC(=O)CCCCCCCCCCCCCCCCCCCCCCCCCC. The van der Waals surface area contributed by atoms with Gasteiger partial charge in [-0.25, -0.2) is 0 Å². The van der Waals surface area contributed by atoms with Crippen molar-refractivity contribution in [2.24, 2.45) is 0 Å². The number of carbonyl (C=O) groups is 3. The van der Waals surface area contributed by atoms with Gasteiger partial charge < -0.3 is 14.2 Å². The van der Waals surface area contributed by atoms with Gasteiger partial charge in [0.1, 0.15) is 13.2 Å². The van der Waals surface area contributed by atoms with Crippen LogP contribution in [0.25, 0.3) is 0 Å². The molecule has 0 rings (SSSR count). The van der Waals surface area contributed by atoms with Gasteiger partial charge in [0, 0.05) is 19.3 Å². The molecule has 0 radical (unpaired) electrons. The Morgan fingerprint density at radius 1 is 0.256 bits per heavy atom. The molecule has 0 N–H and O–H groups in total. The van der Waals surface area contributed by atoms with Crippen molar-refractivity contribution < 1.29 is 28.6 Å². The third-order valence-corrected chi connectivity index (χ3v) is 15.9. The molecule has 0 heterocycles. The van der Waals surface area contributed by atoms with Crippen molar-refractivity contribution in [2.75, 3.05) is 13.2 Å². The monoisotopic (exact) mass is 1100 g/mol.